The number of nitrogens with two attached hydrogens (primary N) is 1. The maximum atomic E-state index is 8.90. The molecular weight excluding hydrogens is 248 g/mol. The van der Waals surface area contributed by atoms with Crippen molar-refractivity contribution in [1.29, 1.82) is 5.26 Å². The quantitative estimate of drug-likeness (QED) is 0.889. The summed E-state index contributed by atoms with van der Waals surface area (Å²) >= 11 is 0. The average Bonchev–Trinajstić information content (AvgIpc) is 2.87. The van der Waals surface area contributed by atoms with Gasteiger partial charge in [-0.2, -0.15) is 5.26 Å². The van der Waals surface area contributed by atoms with Gasteiger partial charge in [0.1, 0.15) is 5.84 Å². The van der Waals surface area contributed by atoms with Crippen molar-refractivity contribution in [3.63, 3.8) is 0 Å². The van der Waals surface area contributed by atoms with E-state index >= 15 is 0 Å². The molecule has 2 heterocycles. The first-order valence-corrected chi connectivity index (χ1v) is 6.67. The lowest BCUT2D eigenvalue weighted by Gasteiger charge is -2.29. The summed E-state index contributed by atoms with van der Waals surface area (Å²) in [6.45, 7) is 1.98. The van der Waals surface area contributed by atoms with Crippen molar-refractivity contribution in [1.82, 2.24) is 4.90 Å². The smallest absolute Gasteiger partial charge is 0.128 e. The van der Waals surface area contributed by atoms with Gasteiger partial charge in [-0.3, -0.25) is 4.99 Å². The van der Waals surface area contributed by atoms with Crippen LogP contribution in [-0.4, -0.2) is 22.8 Å². The Labute approximate surface area is 118 Å². The summed E-state index contributed by atoms with van der Waals surface area (Å²) < 4.78 is 0. The van der Waals surface area contributed by atoms with Gasteiger partial charge in [0.15, 0.2) is 0 Å². The first kappa shape index (κ1) is 12.6. The number of hydrogen-bond donors (Lipinski definition) is 1. The van der Waals surface area contributed by atoms with Gasteiger partial charge < -0.3 is 10.6 Å². The average molecular weight is 264 g/mol. The molecule has 20 heavy (non-hydrogen) atoms. The van der Waals surface area contributed by atoms with Crippen molar-refractivity contribution in [2.75, 3.05) is 0 Å². The van der Waals surface area contributed by atoms with Crippen LogP contribution in [0, 0.1) is 11.3 Å². The molecule has 2 unspecified atom stereocenters. The minimum absolute atomic E-state index is 0.0188. The first-order valence-electron chi connectivity index (χ1n) is 6.67. The van der Waals surface area contributed by atoms with Crippen LogP contribution in [0.25, 0.3) is 0 Å². The Balaban J connectivity index is 1.99. The van der Waals surface area contributed by atoms with Crippen LogP contribution in [0.4, 0.5) is 0 Å². The lowest BCUT2D eigenvalue weighted by atomic mass is 9.94. The third-order valence-corrected chi connectivity index (χ3v) is 3.69. The van der Waals surface area contributed by atoms with Crippen LogP contribution < -0.4 is 5.73 Å². The second kappa shape index (κ2) is 4.95. The van der Waals surface area contributed by atoms with Gasteiger partial charge in [0.2, 0.25) is 0 Å². The third kappa shape index (κ3) is 2.02. The molecule has 0 amide bonds. The van der Waals surface area contributed by atoms with Crippen LogP contribution in [0.1, 0.15) is 24.1 Å². The largest absolute Gasteiger partial charge is 0.326 e. The van der Waals surface area contributed by atoms with E-state index in [1.165, 1.54) is 0 Å². The zero-order valence-corrected chi connectivity index (χ0v) is 11.3. The van der Waals surface area contributed by atoms with E-state index in [1.54, 1.807) is 0 Å². The summed E-state index contributed by atoms with van der Waals surface area (Å²) in [5.74, 6) is 0.948. The number of allylic oxidation sites excluding steroid dienone is 2. The van der Waals surface area contributed by atoms with Crippen LogP contribution in [0.15, 0.2) is 53.7 Å². The molecule has 2 N–H and O–H groups in total. The summed E-state index contributed by atoms with van der Waals surface area (Å²) in [6, 6.07) is 9.89. The molecule has 2 aliphatic rings. The molecular formula is C16H16N4. The molecule has 3 atom stereocenters. The standard InChI is InChI=1S/C16H16N4/c1-11(18)15-16(13-7-5-12(10-17)6-8-13)20-9-3-2-4-14(20)19-15/h2-9,11,15-16H,18H2,1H3/t11-,15?,16?/m1/s1. The van der Waals surface area contributed by atoms with E-state index in [0.717, 1.165) is 11.4 Å². The molecule has 3 rings (SSSR count). The lowest BCUT2D eigenvalue weighted by molar-refractivity contribution is 0.361. The normalized spacial score (nSPS) is 25.1. The summed E-state index contributed by atoms with van der Waals surface area (Å²) in [4.78, 5) is 6.87. The van der Waals surface area contributed by atoms with Crippen molar-refractivity contribution >= 4 is 5.84 Å². The highest BCUT2D eigenvalue weighted by Gasteiger charge is 2.37. The maximum Gasteiger partial charge on any atom is 0.128 e. The number of aliphatic imine (C=N–C) groups is 1. The van der Waals surface area contributed by atoms with E-state index in [4.69, 9.17) is 16.0 Å². The summed E-state index contributed by atoms with van der Waals surface area (Å²) in [5.41, 5.74) is 7.90. The van der Waals surface area contributed by atoms with Crippen molar-refractivity contribution in [2.24, 2.45) is 10.7 Å². The fraction of sp³-hybridized carbons (Fsp3) is 0.250. The second-order valence-corrected chi connectivity index (χ2v) is 5.12. The Hall–Kier alpha value is -2.38. The monoisotopic (exact) mass is 264 g/mol. The van der Waals surface area contributed by atoms with Crippen molar-refractivity contribution in [3.05, 3.63) is 59.8 Å². The molecule has 0 spiro atoms. The zero-order chi connectivity index (χ0) is 14.1. The molecule has 0 saturated carbocycles. The molecule has 2 aliphatic heterocycles. The SMILES string of the molecule is C[C@@H](N)C1N=C2C=CC=CN2C1c1ccc(C#N)cc1. The number of amidine groups is 1. The lowest BCUT2D eigenvalue weighted by Crippen LogP contribution is -2.37. The molecule has 100 valence electrons. The van der Waals surface area contributed by atoms with Crippen molar-refractivity contribution in [3.8, 4) is 6.07 Å². The number of benzene rings is 1. The highest BCUT2D eigenvalue weighted by molar-refractivity contribution is 5.96. The van der Waals surface area contributed by atoms with E-state index in [2.05, 4.69) is 11.0 Å². The maximum absolute atomic E-state index is 8.90. The van der Waals surface area contributed by atoms with Crippen molar-refractivity contribution in [2.45, 2.75) is 25.0 Å². The van der Waals surface area contributed by atoms with Gasteiger partial charge in [-0.15, -0.1) is 0 Å². The predicted octanol–water partition coefficient (Wildman–Crippen LogP) is 2.11. The van der Waals surface area contributed by atoms with Gasteiger partial charge in [0, 0.05) is 12.2 Å². The number of hydrogen-bond acceptors (Lipinski definition) is 4. The van der Waals surface area contributed by atoms with Gasteiger partial charge in [0.05, 0.1) is 23.7 Å². The van der Waals surface area contributed by atoms with Gasteiger partial charge in [-0.25, -0.2) is 0 Å². The molecule has 0 aliphatic carbocycles. The van der Waals surface area contributed by atoms with Crippen LogP contribution >= 0.6 is 0 Å². The Kier molecular flexibility index (Phi) is 3.13. The Morgan fingerprint density at radius 3 is 2.70 bits per heavy atom. The van der Waals surface area contributed by atoms with Gasteiger partial charge in [0.25, 0.3) is 0 Å². The highest BCUT2D eigenvalue weighted by Crippen LogP contribution is 2.35. The predicted molar refractivity (Wildman–Crippen MR) is 78.9 cm³/mol. The molecule has 4 heteroatoms. The van der Waals surface area contributed by atoms with Gasteiger partial charge >= 0.3 is 0 Å². The highest BCUT2D eigenvalue weighted by atomic mass is 15.3. The first-order chi connectivity index (χ1) is 9.70. The number of rotatable bonds is 2. The Bertz CT molecular complexity index is 631. The van der Waals surface area contributed by atoms with Crippen LogP contribution in [0.5, 0.6) is 0 Å². The van der Waals surface area contributed by atoms with E-state index in [0.29, 0.717) is 5.56 Å². The third-order valence-electron chi connectivity index (χ3n) is 3.69. The summed E-state index contributed by atoms with van der Waals surface area (Å²) in [7, 11) is 0. The molecule has 0 saturated heterocycles. The minimum Gasteiger partial charge on any atom is -0.326 e. The molecule has 0 fully saturated rings. The second-order valence-electron chi connectivity index (χ2n) is 5.12. The summed E-state index contributed by atoms with van der Waals surface area (Å²) in [6.07, 6.45) is 8.01. The van der Waals surface area contributed by atoms with E-state index in [1.807, 2.05) is 55.6 Å². The summed E-state index contributed by atoms with van der Waals surface area (Å²) in [5, 5.41) is 8.90. The fourth-order valence-electron chi connectivity index (χ4n) is 2.70. The van der Waals surface area contributed by atoms with E-state index in [9.17, 15) is 0 Å². The molecule has 1 aromatic carbocycles. The minimum atomic E-state index is -0.0319. The van der Waals surface area contributed by atoms with E-state index < -0.39 is 0 Å². The number of nitriles is 1. The molecule has 1 aromatic rings. The van der Waals surface area contributed by atoms with Crippen LogP contribution in [-0.2, 0) is 0 Å². The van der Waals surface area contributed by atoms with Crippen LogP contribution in [0.3, 0.4) is 0 Å². The fourth-order valence-corrected chi connectivity index (χ4v) is 2.70. The topological polar surface area (TPSA) is 65.4 Å². The van der Waals surface area contributed by atoms with Gasteiger partial charge in [-0.05, 0) is 36.8 Å². The molecule has 0 bridgehead atoms. The molecule has 0 aromatic heterocycles. The number of fused-ring (bicyclic) bond motifs is 1. The zero-order valence-electron chi connectivity index (χ0n) is 11.3. The Morgan fingerprint density at radius 2 is 2.05 bits per heavy atom. The molecule has 0 radical (unpaired) electrons. The number of nitrogens with zero attached hydrogens (tertiary/aromatic N) is 3. The van der Waals surface area contributed by atoms with Gasteiger partial charge in [-0.1, -0.05) is 18.2 Å². The molecule has 4 nitrogen and oxygen atoms in total. The van der Waals surface area contributed by atoms with Crippen molar-refractivity contribution < 1.29 is 0 Å². The van der Waals surface area contributed by atoms with E-state index in [-0.39, 0.29) is 18.1 Å². The Morgan fingerprint density at radius 1 is 1.30 bits per heavy atom. The van der Waals surface area contributed by atoms with Crippen LogP contribution in [0.2, 0.25) is 0 Å².